The molecule has 6 heteroatoms. The van der Waals surface area contributed by atoms with Crippen molar-refractivity contribution >= 4 is 29.1 Å². The van der Waals surface area contributed by atoms with Gasteiger partial charge in [-0.1, -0.05) is 35.3 Å². The topological polar surface area (TPSA) is 58.6 Å². The Morgan fingerprint density at radius 3 is 2.52 bits per heavy atom. The molecule has 0 bridgehead atoms. The normalized spacial score (nSPS) is 11.8. The number of phenolic OH excluding ortho intramolecular Hbond substituents is 1. The smallest absolute Gasteiger partial charge is 0.251 e. The lowest BCUT2D eigenvalue weighted by atomic mass is 10.1. The predicted molar refractivity (Wildman–Crippen MR) is 91.6 cm³/mol. The zero-order valence-corrected chi connectivity index (χ0v) is 14.3. The van der Waals surface area contributed by atoms with Crippen LogP contribution in [0.4, 0.5) is 0 Å². The molecule has 0 aliphatic heterocycles. The van der Waals surface area contributed by atoms with Crippen molar-refractivity contribution in [2.24, 2.45) is 0 Å². The largest absolute Gasteiger partial charge is 0.503 e. The summed E-state index contributed by atoms with van der Waals surface area (Å²) in [7, 11) is 0. The number of halogens is 2. The van der Waals surface area contributed by atoms with Crippen molar-refractivity contribution in [1.29, 1.82) is 0 Å². The molecule has 2 aromatic carbocycles. The van der Waals surface area contributed by atoms with E-state index in [1.807, 2.05) is 19.1 Å². The lowest BCUT2D eigenvalue weighted by Crippen LogP contribution is -2.26. The first kappa shape index (κ1) is 17.4. The molecule has 0 spiro atoms. The molecule has 0 saturated carbocycles. The number of rotatable bonds is 5. The summed E-state index contributed by atoms with van der Waals surface area (Å²) in [6.45, 7) is 4.01. The van der Waals surface area contributed by atoms with Gasteiger partial charge >= 0.3 is 0 Å². The fourth-order valence-corrected chi connectivity index (χ4v) is 2.42. The predicted octanol–water partition coefficient (Wildman–Crippen LogP) is 4.59. The van der Waals surface area contributed by atoms with Crippen LogP contribution in [0, 0.1) is 0 Å². The number of amides is 1. The summed E-state index contributed by atoms with van der Waals surface area (Å²) in [6, 6.07) is 9.90. The monoisotopic (exact) mass is 353 g/mol. The van der Waals surface area contributed by atoms with E-state index in [9.17, 15) is 9.90 Å². The molecule has 1 unspecified atom stereocenters. The summed E-state index contributed by atoms with van der Waals surface area (Å²) in [5.41, 5.74) is 1.25. The first-order chi connectivity index (χ1) is 10.9. The van der Waals surface area contributed by atoms with Gasteiger partial charge in [0.1, 0.15) is 0 Å². The second-order valence-electron chi connectivity index (χ2n) is 4.98. The van der Waals surface area contributed by atoms with Crippen LogP contribution in [-0.2, 0) is 0 Å². The third-order valence-electron chi connectivity index (χ3n) is 3.31. The number of ether oxygens (including phenoxy) is 1. The highest BCUT2D eigenvalue weighted by Gasteiger charge is 2.16. The molecule has 4 nitrogen and oxygen atoms in total. The van der Waals surface area contributed by atoms with E-state index in [-0.39, 0.29) is 28.5 Å². The molecule has 2 N–H and O–H groups in total. The Balaban J connectivity index is 2.18. The summed E-state index contributed by atoms with van der Waals surface area (Å²) in [5, 5.41) is 13.4. The molecular weight excluding hydrogens is 337 g/mol. The summed E-state index contributed by atoms with van der Waals surface area (Å²) >= 11 is 11.8. The number of hydrogen-bond donors (Lipinski definition) is 2. The van der Waals surface area contributed by atoms with E-state index in [2.05, 4.69) is 5.32 Å². The van der Waals surface area contributed by atoms with Crippen LogP contribution >= 0.6 is 23.2 Å². The second kappa shape index (κ2) is 7.57. The van der Waals surface area contributed by atoms with Crippen LogP contribution < -0.4 is 10.1 Å². The molecule has 2 rings (SSSR count). The van der Waals surface area contributed by atoms with Gasteiger partial charge in [-0.3, -0.25) is 4.79 Å². The molecule has 122 valence electrons. The standard InChI is InChI=1S/C17H17Cl2NO3/c1-3-23-15-9-12(8-14(19)16(15)21)17(22)20-10(2)11-4-6-13(18)7-5-11/h4-10,21H,3H2,1-2H3,(H,20,22). The minimum Gasteiger partial charge on any atom is -0.503 e. The maximum absolute atomic E-state index is 12.4. The van der Waals surface area contributed by atoms with E-state index in [0.29, 0.717) is 17.2 Å². The van der Waals surface area contributed by atoms with Crippen molar-refractivity contribution in [3.05, 3.63) is 57.6 Å². The minimum atomic E-state index is -0.310. The Morgan fingerprint density at radius 2 is 1.91 bits per heavy atom. The molecule has 0 heterocycles. The Hall–Kier alpha value is -1.91. The number of benzene rings is 2. The van der Waals surface area contributed by atoms with Gasteiger partial charge in [0.15, 0.2) is 11.5 Å². The van der Waals surface area contributed by atoms with Gasteiger partial charge < -0.3 is 15.2 Å². The first-order valence-electron chi connectivity index (χ1n) is 7.14. The van der Waals surface area contributed by atoms with Crippen molar-refractivity contribution in [3.63, 3.8) is 0 Å². The lowest BCUT2D eigenvalue weighted by Gasteiger charge is -2.15. The van der Waals surface area contributed by atoms with E-state index >= 15 is 0 Å². The number of nitrogens with one attached hydrogen (secondary N) is 1. The average Bonchev–Trinajstić information content (AvgIpc) is 2.52. The van der Waals surface area contributed by atoms with Crippen LogP contribution in [-0.4, -0.2) is 17.6 Å². The fourth-order valence-electron chi connectivity index (χ4n) is 2.09. The van der Waals surface area contributed by atoms with Crippen molar-refractivity contribution in [2.75, 3.05) is 6.61 Å². The van der Waals surface area contributed by atoms with Crippen LogP contribution in [0.25, 0.3) is 0 Å². The molecule has 0 aliphatic carbocycles. The summed E-state index contributed by atoms with van der Waals surface area (Å²) in [6.07, 6.45) is 0. The summed E-state index contributed by atoms with van der Waals surface area (Å²) in [5.74, 6) is -0.296. The van der Waals surface area contributed by atoms with Gasteiger partial charge in [-0.15, -0.1) is 0 Å². The zero-order valence-electron chi connectivity index (χ0n) is 12.8. The molecule has 23 heavy (non-hydrogen) atoms. The Kier molecular flexibility index (Phi) is 5.74. The van der Waals surface area contributed by atoms with E-state index in [0.717, 1.165) is 5.56 Å². The maximum atomic E-state index is 12.4. The summed E-state index contributed by atoms with van der Waals surface area (Å²) < 4.78 is 5.28. The SMILES string of the molecule is CCOc1cc(C(=O)NC(C)c2ccc(Cl)cc2)cc(Cl)c1O. The molecule has 0 aromatic heterocycles. The van der Waals surface area contributed by atoms with Crippen molar-refractivity contribution in [2.45, 2.75) is 19.9 Å². The number of phenols is 1. The van der Waals surface area contributed by atoms with Crippen molar-refractivity contribution in [3.8, 4) is 11.5 Å². The summed E-state index contributed by atoms with van der Waals surface area (Å²) in [4.78, 5) is 12.4. The number of carbonyl (C=O) groups excluding carboxylic acids is 1. The highest BCUT2D eigenvalue weighted by atomic mass is 35.5. The van der Waals surface area contributed by atoms with Gasteiger partial charge in [-0.25, -0.2) is 0 Å². The lowest BCUT2D eigenvalue weighted by molar-refractivity contribution is 0.0939. The quantitative estimate of drug-likeness (QED) is 0.826. The molecule has 0 aliphatic rings. The van der Waals surface area contributed by atoms with Gasteiger partial charge in [0.25, 0.3) is 5.91 Å². The first-order valence-corrected chi connectivity index (χ1v) is 7.89. The van der Waals surface area contributed by atoms with E-state index < -0.39 is 0 Å². The molecule has 0 fully saturated rings. The third-order valence-corrected chi connectivity index (χ3v) is 3.85. The van der Waals surface area contributed by atoms with E-state index in [1.54, 1.807) is 19.1 Å². The molecule has 0 radical (unpaired) electrons. The number of hydrogen-bond acceptors (Lipinski definition) is 3. The minimum absolute atomic E-state index is 0.0697. The van der Waals surface area contributed by atoms with Crippen LogP contribution in [0.15, 0.2) is 36.4 Å². The number of aromatic hydroxyl groups is 1. The number of carbonyl (C=O) groups is 1. The van der Waals surface area contributed by atoms with E-state index in [4.69, 9.17) is 27.9 Å². The molecule has 2 aromatic rings. The Bertz CT molecular complexity index is 702. The highest BCUT2D eigenvalue weighted by Crippen LogP contribution is 2.35. The van der Waals surface area contributed by atoms with Gasteiger partial charge in [0.05, 0.1) is 17.7 Å². The molecule has 1 amide bonds. The zero-order chi connectivity index (χ0) is 17.0. The maximum Gasteiger partial charge on any atom is 0.251 e. The molecular formula is C17H17Cl2NO3. The van der Waals surface area contributed by atoms with Crippen molar-refractivity contribution in [1.82, 2.24) is 5.32 Å². The van der Waals surface area contributed by atoms with Crippen LogP contribution in [0.5, 0.6) is 11.5 Å². The Morgan fingerprint density at radius 1 is 1.26 bits per heavy atom. The van der Waals surface area contributed by atoms with Crippen LogP contribution in [0.3, 0.4) is 0 Å². The molecule has 0 saturated heterocycles. The van der Waals surface area contributed by atoms with Crippen LogP contribution in [0.2, 0.25) is 10.0 Å². The van der Waals surface area contributed by atoms with Gasteiger partial charge in [0.2, 0.25) is 0 Å². The van der Waals surface area contributed by atoms with E-state index in [1.165, 1.54) is 12.1 Å². The average molecular weight is 354 g/mol. The van der Waals surface area contributed by atoms with Gasteiger partial charge in [0, 0.05) is 10.6 Å². The fraction of sp³-hybridized carbons (Fsp3) is 0.235. The highest BCUT2D eigenvalue weighted by molar-refractivity contribution is 6.32. The third kappa shape index (κ3) is 4.30. The van der Waals surface area contributed by atoms with Gasteiger partial charge in [-0.05, 0) is 43.7 Å². The second-order valence-corrected chi connectivity index (χ2v) is 5.83. The van der Waals surface area contributed by atoms with Gasteiger partial charge in [-0.2, -0.15) is 0 Å². The Labute approximate surface area is 145 Å². The molecule has 1 atom stereocenters. The van der Waals surface area contributed by atoms with Crippen LogP contribution in [0.1, 0.15) is 35.8 Å². The van der Waals surface area contributed by atoms with Crippen molar-refractivity contribution < 1.29 is 14.6 Å².